The fourth-order valence-corrected chi connectivity index (χ4v) is 1.78. The van der Waals surface area contributed by atoms with Gasteiger partial charge in [0.25, 0.3) is 0 Å². The molecule has 5 heteroatoms. The molecule has 0 bridgehead atoms. The predicted octanol–water partition coefficient (Wildman–Crippen LogP) is 3.02. The summed E-state index contributed by atoms with van der Waals surface area (Å²) in [6.45, 7) is 5.92. The fraction of sp³-hybridized carbons (Fsp3) is 0.333. The zero-order valence-electron chi connectivity index (χ0n) is 12.0. The third-order valence-corrected chi connectivity index (χ3v) is 2.73. The van der Waals surface area contributed by atoms with Crippen LogP contribution in [0.25, 0.3) is 0 Å². The first-order chi connectivity index (χ1) is 9.56. The van der Waals surface area contributed by atoms with Gasteiger partial charge in [0.05, 0.1) is 23.5 Å². The van der Waals surface area contributed by atoms with Crippen molar-refractivity contribution in [1.82, 2.24) is 9.97 Å². The van der Waals surface area contributed by atoms with Gasteiger partial charge in [0.15, 0.2) is 0 Å². The Morgan fingerprint density at radius 1 is 1.15 bits per heavy atom. The molecule has 0 radical (unpaired) electrons. The predicted molar refractivity (Wildman–Crippen MR) is 80.7 cm³/mol. The van der Waals surface area contributed by atoms with Crippen molar-refractivity contribution in [2.75, 3.05) is 11.1 Å². The Balaban J connectivity index is 2.13. The zero-order chi connectivity index (χ0) is 14.5. The van der Waals surface area contributed by atoms with Gasteiger partial charge in [0.1, 0.15) is 5.82 Å². The molecule has 2 heterocycles. The number of nitrogens with one attached hydrogen (secondary N) is 1. The van der Waals surface area contributed by atoms with E-state index < -0.39 is 0 Å². The molecule has 3 N–H and O–H groups in total. The van der Waals surface area contributed by atoms with Crippen LogP contribution in [-0.2, 0) is 0 Å². The van der Waals surface area contributed by atoms with E-state index in [1.165, 1.54) is 0 Å². The molecule has 0 fully saturated rings. The molecule has 0 saturated heterocycles. The summed E-state index contributed by atoms with van der Waals surface area (Å²) in [6, 6.07) is 9.51. The SMILES string of the molecule is CC(C)Oc1nc(NC(C)c2ccccn2)ccc1N. The van der Waals surface area contributed by atoms with E-state index in [0.717, 1.165) is 5.69 Å². The van der Waals surface area contributed by atoms with Crippen LogP contribution in [0.3, 0.4) is 0 Å². The second kappa shape index (κ2) is 6.23. The number of nitrogen functional groups attached to an aromatic ring is 1. The Bertz CT molecular complexity index is 557. The van der Waals surface area contributed by atoms with Gasteiger partial charge in [-0.15, -0.1) is 0 Å². The number of hydrogen-bond donors (Lipinski definition) is 2. The average Bonchev–Trinajstić information content (AvgIpc) is 2.43. The molecule has 1 unspecified atom stereocenters. The lowest BCUT2D eigenvalue weighted by atomic mass is 10.2. The lowest BCUT2D eigenvalue weighted by Gasteiger charge is -2.16. The van der Waals surface area contributed by atoms with Gasteiger partial charge in [0.2, 0.25) is 5.88 Å². The van der Waals surface area contributed by atoms with Gasteiger partial charge in [0, 0.05) is 6.20 Å². The molecule has 2 aromatic heterocycles. The highest BCUT2D eigenvalue weighted by Gasteiger charge is 2.10. The summed E-state index contributed by atoms with van der Waals surface area (Å²) < 4.78 is 5.58. The van der Waals surface area contributed by atoms with Crippen LogP contribution in [-0.4, -0.2) is 16.1 Å². The molecule has 1 atom stereocenters. The van der Waals surface area contributed by atoms with E-state index in [1.807, 2.05) is 45.0 Å². The molecular weight excluding hydrogens is 252 g/mol. The summed E-state index contributed by atoms with van der Waals surface area (Å²) in [5, 5.41) is 3.29. The highest BCUT2D eigenvalue weighted by atomic mass is 16.5. The first kappa shape index (κ1) is 14.1. The molecule has 0 amide bonds. The van der Waals surface area contributed by atoms with Crippen molar-refractivity contribution < 1.29 is 4.74 Å². The highest BCUT2D eigenvalue weighted by molar-refractivity contribution is 5.54. The van der Waals surface area contributed by atoms with Gasteiger partial charge in [-0.25, -0.2) is 0 Å². The minimum atomic E-state index is 0.0354. The summed E-state index contributed by atoms with van der Waals surface area (Å²) in [4.78, 5) is 8.71. The molecule has 5 nitrogen and oxygen atoms in total. The number of pyridine rings is 2. The zero-order valence-corrected chi connectivity index (χ0v) is 12.0. The van der Waals surface area contributed by atoms with Crippen LogP contribution in [0.1, 0.15) is 32.5 Å². The maximum Gasteiger partial charge on any atom is 0.239 e. The molecule has 0 saturated carbocycles. The maximum atomic E-state index is 5.85. The van der Waals surface area contributed by atoms with Crippen molar-refractivity contribution in [1.29, 1.82) is 0 Å². The van der Waals surface area contributed by atoms with E-state index in [2.05, 4.69) is 15.3 Å². The number of anilines is 2. The number of ether oxygens (including phenoxy) is 1. The summed E-state index contributed by atoms with van der Waals surface area (Å²) >= 11 is 0. The van der Waals surface area contributed by atoms with Gasteiger partial charge < -0.3 is 15.8 Å². The molecule has 0 aliphatic carbocycles. The standard InChI is InChI=1S/C15H20N4O/c1-10(2)20-15-12(16)7-8-14(19-15)18-11(3)13-6-4-5-9-17-13/h4-11H,16H2,1-3H3,(H,18,19). The molecular formula is C15H20N4O. The molecule has 106 valence electrons. The molecule has 0 spiro atoms. The maximum absolute atomic E-state index is 5.85. The van der Waals surface area contributed by atoms with E-state index >= 15 is 0 Å². The van der Waals surface area contributed by atoms with Crippen LogP contribution in [0, 0.1) is 0 Å². The lowest BCUT2D eigenvalue weighted by Crippen LogP contribution is -2.12. The molecule has 2 aromatic rings. The van der Waals surface area contributed by atoms with Crippen molar-refractivity contribution in [3.8, 4) is 5.88 Å². The number of nitrogens with zero attached hydrogens (tertiary/aromatic N) is 2. The van der Waals surface area contributed by atoms with Crippen LogP contribution < -0.4 is 15.8 Å². The normalized spacial score (nSPS) is 12.2. The van der Waals surface area contributed by atoms with E-state index in [1.54, 1.807) is 12.3 Å². The van der Waals surface area contributed by atoms with Crippen LogP contribution >= 0.6 is 0 Å². The molecule has 0 aliphatic heterocycles. The molecule has 2 rings (SSSR count). The fourth-order valence-electron chi connectivity index (χ4n) is 1.78. The Morgan fingerprint density at radius 3 is 2.60 bits per heavy atom. The van der Waals surface area contributed by atoms with Gasteiger partial charge in [-0.05, 0) is 45.0 Å². The third kappa shape index (κ3) is 3.60. The van der Waals surface area contributed by atoms with Crippen molar-refractivity contribution in [2.45, 2.75) is 32.9 Å². The number of aromatic nitrogens is 2. The van der Waals surface area contributed by atoms with Crippen LogP contribution in [0.15, 0.2) is 36.5 Å². The summed E-state index contributed by atoms with van der Waals surface area (Å²) in [5.74, 6) is 1.17. The first-order valence-corrected chi connectivity index (χ1v) is 6.67. The van der Waals surface area contributed by atoms with Gasteiger partial charge in [-0.2, -0.15) is 4.98 Å². The molecule has 20 heavy (non-hydrogen) atoms. The second-order valence-electron chi connectivity index (χ2n) is 4.88. The highest BCUT2D eigenvalue weighted by Crippen LogP contribution is 2.24. The number of nitrogens with two attached hydrogens (primary N) is 1. The van der Waals surface area contributed by atoms with E-state index in [0.29, 0.717) is 17.4 Å². The minimum Gasteiger partial charge on any atom is -0.473 e. The topological polar surface area (TPSA) is 73.1 Å². The molecule has 0 aromatic carbocycles. The van der Waals surface area contributed by atoms with E-state index in [9.17, 15) is 0 Å². The second-order valence-corrected chi connectivity index (χ2v) is 4.88. The first-order valence-electron chi connectivity index (χ1n) is 6.67. The summed E-state index contributed by atoms with van der Waals surface area (Å²) in [6.07, 6.45) is 1.81. The Labute approximate surface area is 119 Å². The van der Waals surface area contributed by atoms with Crippen molar-refractivity contribution in [3.63, 3.8) is 0 Å². The number of rotatable bonds is 5. The van der Waals surface area contributed by atoms with Gasteiger partial charge in [-0.1, -0.05) is 6.07 Å². The van der Waals surface area contributed by atoms with Gasteiger partial charge >= 0.3 is 0 Å². The Morgan fingerprint density at radius 2 is 1.95 bits per heavy atom. The largest absolute Gasteiger partial charge is 0.473 e. The lowest BCUT2D eigenvalue weighted by molar-refractivity contribution is 0.234. The van der Waals surface area contributed by atoms with Crippen LogP contribution in [0.4, 0.5) is 11.5 Å². The average molecular weight is 272 g/mol. The number of hydrogen-bond acceptors (Lipinski definition) is 5. The summed E-state index contributed by atoms with van der Waals surface area (Å²) in [7, 11) is 0. The summed E-state index contributed by atoms with van der Waals surface area (Å²) in [5.41, 5.74) is 7.34. The van der Waals surface area contributed by atoms with Crippen LogP contribution in [0.2, 0.25) is 0 Å². The van der Waals surface area contributed by atoms with Gasteiger partial charge in [-0.3, -0.25) is 4.98 Å². The van der Waals surface area contributed by atoms with Crippen molar-refractivity contribution >= 4 is 11.5 Å². The van der Waals surface area contributed by atoms with E-state index in [4.69, 9.17) is 10.5 Å². The Kier molecular flexibility index (Phi) is 4.40. The minimum absolute atomic E-state index is 0.0354. The van der Waals surface area contributed by atoms with E-state index in [-0.39, 0.29) is 12.1 Å². The third-order valence-electron chi connectivity index (χ3n) is 2.73. The quantitative estimate of drug-likeness (QED) is 0.875. The Hall–Kier alpha value is -2.30. The van der Waals surface area contributed by atoms with Crippen molar-refractivity contribution in [3.05, 3.63) is 42.2 Å². The van der Waals surface area contributed by atoms with Crippen molar-refractivity contribution in [2.24, 2.45) is 0 Å². The smallest absolute Gasteiger partial charge is 0.239 e. The van der Waals surface area contributed by atoms with Crippen LogP contribution in [0.5, 0.6) is 5.88 Å². The monoisotopic (exact) mass is 272 g/mol. The molecule has 0 aliphatic rings.